The first-order chi connectivity index (χ1) is 27.0. The summed E-state index contributed by atoms with van der Waals surface area (Å²) in [6.07, 6.45) is 5.30. The van der Waals surface area contributed by atoms with Crippen molar-refractivity contribution in [2.45, 2.75) is 44.9 Å². The monoisotopic (exact) mass is 745 g/mol. The molecule has 0 aliphatic heterocycles. The smallest absolute Gasteiger partial charge is 0.164 e. The predicted molar refractivity (Wildman–Crippen MR) is 232 cm³/mol. The van der Waals surface area contributed by atoms with Gasteiger partial charge in [0.1, 0.15) is 0 Å². The summed E-state index contributed by atoms with van der Waals surface area (Å²) in [6, 6.07) is 46.8. The third-order valence-corrected chi connectivity index (χ3v) is 15.8. The maximum absolute atomic E-state index is 5.29. The molecule has 12 rings (SSSR count). The number of aromatic nitrogens is 3. The zero-order valence-corrected chi connectivity index (χ0v) is 32.6. The molecule has 0 radical (unpaired) electrons. The molecule has 5 unspecified atom stereocenters. The van der Waals surface area contributed by atoms with E-state index in [9.17, 15) is 0 Å². The van der Waals surface area contributed by atoms with E-state index in [0.29, 0.717) is 23.5 Å². The van der Waals surface area contributed by atoms with E-state index >= 15 is 0 Å². The lowest BCUT2D eigenvalue weighted by atomic mass is 9.49. The molecule has 2 saturated carbocycles. The topological polar surface area (TPSA) is 38.7 Å². The maximum atomic E-state index is 5.29. The first kappa shape index (κ1) is 32.1. The number of rotatable bonds is 3. The molecule has 6 aromatic carbocycles. The second-order valence-corrected chi connectivity index (χ2v) is 18.7. The Labute approximate surface area is 328 Å². The van der Waals surface area contributed by atoms with Gasteiger partial charge in [0.05, 0.1) is 0 Å². The van der Waals surface area contributed by atoms with Gasteiger partial charge in [-0.15, -0.1) is 22.7 Å². The zero-order chi connectivity index (χ0) is 36.4. The summed E-state index contributed by atoms with van der Waals surface area (Å²) in [6.45, 7) is 5.08. The van der Waals surface area contributed by atoms with Crippen LogP contribution in [0.15, 0.2) is 127 Å². The van der Waals surface area contributed by atoms with Crippen LogP contribution in [0.5, 0.6) is 0 Å². The lowest BCUT2D eigenvalue weighted by Gasteiger charge is -2.54. The van der Waals surface area contributed by atoms with Crippen molar-refractivity contribution in [2.24, 2.45) is 23.7 Å². The van der Waals surface area contributed by atoms with Crippen molar-refractivity contribution in [3.63, 3.8) is 0 Å². The minimum absolute atomic E-state index is 0.00700. The van der Waals surface area contributed by atoms with Crippen molar-refractivity contribution in [3.05, 3.63) is 139 Å². The molecule has 3 aliphatic rings. The lowest BCUT2D eigenvalue weighted by molar-refractivity contribution is 0.0434. The molecule has 0 amide bonds. The van der Waals surface area contributed by atoms with Crippen LogP contribution in [0.4, 0.5) is 0 Å². The Bertz CT molecular complexity index is 3010. The van der Waals surface area contributed by atoms with E-state index < -0.39 is 0 Å². The van der Waals surface area contributed by atoms with Gasteiger partial charge >= 0.3 is 0 Å². The first-order valence-corrected chi connectivity index (χ1v) is 21.5. The van der Waals surface area contributed by atoms with Crippen LogP contribution >= 0.6 is 22.7 Å². The summed E-state index contributed by atoms with van der Waals surface area (Å²) in [5.74, 6) is 4.89. The summed E-state index contributed by atoms with van der Waals surface area (Å²) in [5.41, 5.74) is 8.92. The molecule has 5 atom stereocenters. The summed E-state index contributed by atoms with van der Waals surface area (Å²) in [7, 11) is 0. The Kier molecular flexibility index (Phi) is 6.93. The Balaban J connectivity index is 1.08. The third-order valence-electron chi connectivity index (χ3n) is 13.4. The van der Waals surface area contributed by atoms with Crippen LogP contribution in [0.25, 0.3) is 85.6 Å². The van der Waals surface area contributed by atoms with E-state index in [0.717, 1.165) is 34.4 Å². The van der Waals surface area contributed by atoms with E-state index in [4.69, 9.17) is 15.0 Å². The van der Waals surface area contributed by atoms with Crippen LogP contribution in [0, 0.1) is 23.7 Å². The van der Waals surface area contributed by atoms with Crippen molar-refractivity contribution < 1.29 is 0 Å². The Morgan fingerprint density at radius 2 is 1.16 bits per heavy atom. The lowest BCUT2D eigenvalue weighted by Crippen LogP contribution is -2.49. The highest BCUT2D eigenvalue weighted by atomic mass is 32.1. The maximum Gasteiger partial charge on any atom is 0.164 e. The fraction of sp³-hybridized carbons (Fsp3) is 0.220. The second kappa shape index (κ2) is 11.9. The molecule has 3 nitrogen and oxygen atoms in total. The third kappa shape index (κ3) is 4.63. The van der Waals surface area contributed by atoms with Crippen LogP contribution in [0.2, 0.25) is 0 Å². The van der Waals surface area contributed by atoms with Crippen LogP contribution in [-0.4, -0.2) is 15.0 Å². The largest absolute Gasteiger partial charge is 0.208 e. The number of hydrogen-bond acceptors (Lipinski definition) is 5. The van der Waals surface area contributed by atoms with Crippen LogP contribution < -0.4 is 0 Å². The minimum Gasteiger partial charge on any atom is -0.208 e. The molecular formula is C50H39N3S2. The molecule has 1 spiro atoms. The Morgan fingerprint density at radius 1 is 0.509 bits per heavy atom. The molecule has 2 fully saturated rings. The molecule has 55 heavy (non-hydrogen) atoms. The van der Waals surface area contributed by atoms with E-state index in [2.05, 4.69) is 135 Å². The Hall–Kier alpha value is -5.23. The van der Waals surface area contributed by atoms with Gasteiger partial charge in [0, 0.05) is 62.4 Å². The standard InChI is InChI=1S/C50H39N3S2/c1-28-22-30-24-29(2)50(34(23-28)25-30)41-20-16-32(26-39(41)37-18-19-38-35-12-6-9-15-43(35)55-46(38)45(37)50)48-51-47(31-10-4-3-5-11-31)52-49(53-48)33-17-21-44-40(27-33)36-13-7-8-14-42(36)54-44/h3-21,26-30,34H,22-25H2,1-2H3. The highest BCUT2D eigenvalue weighted by Gasteiger charge is 2.57. The Morgan fingerprint density at radius 3 is 1.96 bits per heavy atom. The van der Waals surface area contributed by atoms with Crippen molar-refractivity contribution in [2.75, 3.05) is 0 Å². The van der Waals surface area contributed by atoms with Gasteiger partial charge in [0.25, 0.3) is 0 Å². The quantitative estimate of drug-likeness (QED) is 0.181. The molecule has 9 aromatic rings. The second-order valence-electron chi connectivity index (χ2n) is 16.6. The molecule has 3 heterocycles. The normalized spacial score (nSPS) is 22.9. The first-order valence-electron chi connectivity index (χ1n) is 19.9. The van der Waals surface area contributed by atoms with Crippen LogP contribution in [-0.2, 0) is 5.41 Å². The zero-order valence-electron chi connectivity index (χ0n) is 30.9. The molecule has 3 aromatic heterocycles. The molecule has 0 saturated heterocycles. The highest BCUT2D eigenvalue weighted by molar-refractivity contribution is 7.26. The van der Waals surface area contributed by atoms with E-state index in [1.165, 1.54) is 82.7 Å². The minimum atomic E-state index is -0.00700. The molecule has 0 N–H and O–H groups in total. The fourth-order valence-corrected chi connectivity index (χ4v) is 13.8. The molecule has 2 bridgehead atoms. The molecule has 266 valence electrons. The summed E-state index contributed by atoms with van der Waals surface area (Å²) < 4.78 is 5.45. The van der Waals surface area contributed by atoms with Gasteiger partial charge in [-0.1, -0.05) is 105 Å². The fourth-order valence-electron chi connectivity index (χ4n) is 11.4. The number of hydrogen-bond donors (Lipinski definition) is 0. The van der Waals surface area contributed by atoms with E-state index in [1.807, 2.05) is 28.7 Å². The molecular weight excluding hydrogens is 707 g/mol. The average molecular weight is 746 g/mol. The van der Waals surface area contributed by atoms with Gasteiger partial charge in [-0.2, -0.15) is 0 Å². The summed E-state index contributed by atoms with van der Waals surface area (Å²) in [5, 5.41) is 5.32. The molecule has 3 aliphatic carbocycles. The highest BCUT2D eigenvalue weighted by Crippen LogP contribution is 2.66. The van der Waals surface area contributed by atoms with Gasteiger partial charge in [0.15, 0.2) is 17.5 Å². The predicted octanol–water partition coefficient (Wildman–Crippen LogP) is 14.0. The number of thiophene rings is 2. The van der Waals surface area contributed by atoms with Crippen molar-refractivity contribution in [3.8, 4) is 45.3 Å². The van der Waals surface area contributed by atoms with Gasteiger partial charge in [0.2, 0.25) is 0 Å². The summed E-state index contributed by atoms with van der Waals surface area (Å²) >= 11 is 3.84. The average Bonchev–Trinajstić information content (AvgIpc) is 3.88. The molecule has 5 heteroatoms. The van der Waals surface area contributed by atoms with Gasteiger partial charge in [-0.25, -0.2) is 15.0 Å². The van der Waals surface area contributed by atoms with Gasteiger partial charge in [-0.05, 0) is 108 Å². The van der Waals surface area contributed by atoms with Crippen LogP contribution in [0.1, 0.15) is 50.7 Å². The van der Waals surface area contributed by atoms with E-state index in [-0.39, 0.29) is 5.41 Å². The van der Waals surface area contributed by atoms with Crippen molar-refractivity contribution in [1.82, 2.24) is 15.0 Å². The van der Waals surface area contributed by atoms with Crippen LogP contribution in [0.3, 0.4) is 0 Å². The number of fused-ring (bicyclic) bond motifs is 15. The van der Waals surface area contributed by atoms with E-state index in [1.54, 1.807) is 5.56 Å². The van der Waals surface area contributed by atoms with Crippen molar-refractivity contribution in [1.29, 1.82) is 0 Å². The SMILES string of the molecule is CC1CC2CC(C)C3(c4ccc(-c5nc(-c6ccccc6)nc(-c6ccc7sc8ccccc8c7c6)n5)cc4-c4ccc5c(sc6ccccc65)c43)C(C1)C2. The van der Waals surface area contributed by atoms with Gasteiger partial charge < -0.3 is 0 Å². The van der Waals surface area contributed by atoms with Crippen molar-refractivity contribution >= 4 is 63.0 Å². The number of nitrogens with zero attached hydrogens (tertiary/aromatic N) is 3. The summed E-state index contributed by atoms with van der Waals surface area (Å²) in [4.78, 5) is 15.7. The number of benzene rings is 6. The van der Waals surface area contributed by atoms with Gasteiger partial charge in [-0.3, -0.25) is 0 Å².